The van der Waals surface area contributed by atoms with Crippen LogP contribution < -0.4 is 0 Å². The van der Waals surface area contributed by atoms with Gasteiger partial charge in [-0.25, -0.2) is 0 Å². The van der Waals surface area contributed by atoms with Crippen LogP contribution in [0.15, 0.2) is 0 Å². The van der Waals surface area contributed by atoms with Crippen LogP contribution in [0.3, 0.4) is 0 Å². The van der Waals surface area contributed by atoms with E-state index in [1.807, 2.05) is 20.8 Å². The summed E-state index contributed by atoms with van der Waals surface area (Å²) < 4.78 is 92.7. The van der Waals surface area contributed by atoms with Gasteiger partial charge >= 0.3 is 18.3 Å². The highest BCUT2D eigenvalue weighted by molar-refractivity contribution is 5.72. The Kier molecular flexibility index (Phi) is 8.62. The van der Waals surface area contributed by atoms with Crippen molar-refractivity contribution in [1.29, 1.82) is 0 Å². The van der Waals surface area contributed by atoms with Crippen molar-refractivity contribution in [1.82, 2.24) is 0 Å². The molecule has 1 saturated heterocycles. The van der Waals surface area contributed by atoms with Crippen molar-refractivity contribution in [3.63, 3.8) is 0 Å². The number of halogens is 6. The topological polar surface area (TPSA) is 44.8 Å². The molecule has 1 heterocycles. The standard InChI is InChI=1S/C18H28F6O4/c1-5-7-11(3)13(6-2)14(25)26-8-9-27-15-12(4)10-16(28-15,17(19,20)21)18(22,23)24/h11-13,15H,5-10H2,1-4H3. The van der Waals surface area contributed by atoms with E-state index in [1.54, 1.807) is 0 Å². The van der Waals surface area contributed by atoms with Crippen LogP contribution in [0.1, 0.15) is 53.4 Å². The molecule has 0 aromatic heterocycles. The van der Waals surface area contributed by atoms with E-state index in [1.165, 1.54) is 6.92 Å². The number of carbonyl (C=O) groups is 1. The van der Waals surface area contributed by atoms with E-state index in [4.69, 9.17) is 9.47 Å². The molecule has 1 rings (SSSR count). The number of alkyl halides is 6. The molecule has 0 spiro atoms. The first-order valence-electron chi connectivity index (χ1n) is 9.40. The Labute approximate surface area is 160 Å². The molecule has 4 unspecified atom stereocenters. The van der Waals surface area contributed by atoms with Crippen LogP contribution in [0.5, 0.6) is 0 Å². The summed E-state index contributed by atoms with van der Waals surface area (Å²) in [5.41, 5.74) is -4.25. The summed E-state index contributed by atoms with van der Waals surface area (Å²) in [5, 5.41) is 0. The summed E-state index contributed by atoms with van der Waals surface area (Å²) in [6, 6.07) is 0. The molecule has 0 aromatic carbocycles. The molecule has 166 valence electrons. The van der Waals surface area contributed by atoms with Crippen LogP contribution in [0, 0.1) is 17.8 Å². The number of hydrogen-bond acceptors (Lipinski definition) is 4. The zero-order chi connectivity index (χ0) is 21.8. The summed E-state index contributed by atoms with van der Waals surface area (Å²) in [4.78, 5) is 12.1. The molecule has 0 saturated carbocycles. The molecule has 1 aliphatic rings. The highest BCUT2D eigenvalue weighted by atomic mass is 19.4. The molecule has 0 amide bonds. The van der Waals surface area contributed by atoms with E-state index in [9.17, 15) is 31.1 Å². The van der Waals surface area contributed by atoms with Gasteiger partial charge in [-0.2, -0.15) is 26.3 Å². The van der Waals surface area contributed by atoms with Gasteiger partial charge < -0.3 is 14.2 Å². The number of carbonyl (C=O) groups excluding carboxylic acids is 1. The Bertz CT molecular complexity index is 491. The third kappa shape index (κ3) is 5.52. The van der Waals surface area contributed by atoms with Crippen molar-refractivity contribution in [2.75, 3.05) is 13.2 Å². The minimum absolute atomic E-state index is 0.112. The largest absolute Gasteiger partial charge is 0.463 e. The summed E-state index contributed by atoms with van der Waals surface area (Å²) in [5.74, 6) is -1.79. The lowest BCUT2D eigenvalue weighted by Crippen LogP contribution is -2.56. The van der Waals surface area contributed by atoms with Crippen LogP contribution in [-0.2, 0) is 19.0 Å². The van der Waals surface area contributed by atoms with Gasteiger partial charge in [-0.05, 0) is 12.3 Å². The van der Waals surface area contributed by atoms with Crippen molar-refractivity contribution in [3.8, 4) is 0 Å². The Balaban J connectivity index is 2.59. The van der Waals surface area contributed by atoms with Gasteiger partial charge in [-0.15, -0.1) is 0 Å². The van der Waals surface area contributed by atoms with E-state index in [0.29, 0.717) is 6.42 Å². The van der Waals surface area contributed by atoms with Gasteiger partial charge in [0.15, 0.2) is 6.29 Å². The smallest absolute Gasteiger partial charge is 0.426 e. The van der Waals surface area contributed by atoms with Gasteiger partial charge in [0, 0.05) is 12.3 Å². The molecule has 4 nitrogen and oxygen atoms in total. The second kappa shape index (κ2) is 9.65. The molecule has 1 fully saturated rings. The van der Waals surface area contributed by atoms with E-state index >= 15 is 0 Å². The summed E-state index contributed by atoms with van der Waals surface area (Å²) in [6.07, 6.45) is -11.9. The normalized spacial score (nSPS) is 24.8. The second-order valence-corrected chi connectivity index (χ2v) is 7.31. The van der Waals surface area contributed by atoms with Crippen molar-refractivity contribution < 1.29 is 45.3 Å². The Morgan fingerprint density at radius 2 is 1.71 bits per heavy atom. The number of rotatable bonds is 9. The first kappa shape index (κ1) is 25.0. The van der Waals surface area contributed by atoms with Crippen molar-refractivity contribution >= 4 is 5.97 Å². The zero-order valence-electron chi connectivity index (χ0n) is 16.5. The fourth-order valence-electron chi connectivity index (χ4n) is 3.51. The summed E-state index contributed by atoms with van der Waals surface area (Å²) in [7, 11) is 0. The molecular formula is C18H28F6O4. The Morgan fingerprint density at radius 3 is 2.14 bits per heavy atom. The predicted molar refractivity (Wildman–Crippen MR) is 88.3 cm³/mol. The van der Waals surface area contributed by atoms with Crippen molar-refractivity contribution in [2.24, 2.45) is 17.8 Å². The molecule has 0 N–H and O–H groups in total. The fraction of sp³-hybridized carbons (Fsp3) is 0.944. The van der Waals surface area contributed by atoms with Crippen LogP contribution in [0.25, 0.3) is 0 Å². The van der Waals surface area contributed by atoms with E-state index in [-0.39, 0.29) is 25.0 Å². The number of hydrogen-bond donors (Lipinski definition) is 0. The Hall–Kier alpha value is -1.03. The predicted octanol–water partition coefficient (Wildman–Crippen LogP) is 5.25. The molecule has 10 heteroatoms. The summed E-state index contributed by atoms with van der Waals surface area (Å²) in [6.45, 7) is 6.33. The lowest BCUT2D eigenvalue weighted by molar-refractivity contribution is -0.388. The van der Waals surface area contributed by atoms with E-state index < -0.39 is 42.6 Å². The molecule has 28 heavy (non-hydrogen) atoms. The first-order chi connectivity index (χ1) is 12.8. The SMILES string of the molecule is CCCC(C)C(CC)C(=O)OCCOC1OC(C(F)(F)F)(C(F)(F)F)CC1C. The monoisotopic (exact) mass is 422 g/mol. The maximum Gasteiger partial charge on any atom is 0.426 e. The third-order valence-corrected chi connectivity index (χ3v) is 5.09. The van der Waals surface area contributed by atoms with Gasteiger partial charge in [-0.3, -0.25) is 4.79 Å². The average Bonchev–Trinajstić information content (AvgIpc) is 2.90. The fourth-order valence-corrected chi connectivity index (χ4v) is 3.51. The molecular weight excluding hydrogens is 394 g/mol. The van der Waals surface area contributed by atoms with E-state index in [2.05, 4.69) is 4.74 Å². The molecule has 0 radical (unpaired) electrons. The quantitative estimate of drug-likeness (QED) is 0.289. The minimum atomic E-state index is -5.62. The second-order valence-electron chi connectivity index (χ2n) is 7.31. The highest BCUT2D eigenvalue weighted by Gasteiger charge is 2.76. The Morgan fingerprint density at radius 1 is 1.14 bits per heavy atom. The van der Waals surface area contributed by atoms with Crippen molar-refractivity contribution in [3.05, 3.63) is 0 Å². The first-order valence-corrected chi connectivity index (χ1v) is 9.40. The minimum Gasteiger partial charge on any atom is -0.463 e. The van der Waals surface area contributed by atoms with E-state index in [0.717, 1.165) is 12.8 Å². The average molecular weight is 422 g/mol. The van der Waals surface area contributed by atoms with Gasteiger partial charge in [-0.1, -0.05) is 40.5 Å². The van der Waals surface area contributed by atoms with Gasteiger partial charge in [0.1, 0.15) is 6.61 Å². The van der Waals surface area contributed by atoms with Gasteiger partial charge in [0.2, 0.25) is 0 Å². The lowest BCUT2D eigenvalue weighted by Gasteiger charge is -2.33. The molecule has 0 aromatic rings. The third-order valence-electron chi connectivity index (χ3n) is 5.09. The lowest BCUT2D eigenvalue weighted by atomic mass is 9.88. The molecule has 0 aliphatic carbocycles. The highest BCUT2D eigenvalue weighted by Crippen LogP contribution is 2.54. The van der Waals surface area contributed by atoms with Crippen LogP contribution in [-0.4, -0.2) is 43.4 Å². The maximum absolute atomic E-state index is 13.0. The van der Waals surface area contributed by atoms with Crippen LogP contribution in [0.2, 0.25) is 0 Å². The summed E-state index contributed by atoms with van der Waals surface area (Å²) >= 11 is 0. The molecule has 4 atom stereocenters. The zero-order valence-corrected chi connectivity index (χ0v) is 16.5. The van der Waals surface area contributed by atoms with Crippen LogP contribution in [0.4, 0.5) is 26.3 Å². The maximum atomic E-state index is 13.0. The van der Waals surface area contributed by atoms with Crippen molar-refractivity contribution in [2.45, 2.75) is 77.6 Å². The van der Waals surface area contributed by atoms with Gasteiger partial charge in [0.05, 0.1) is 12.5 Å². The van der Waals surface area contributed by atoms with Gasteiger partial charge in [0.25, 0.3) is 5.60 Å². The van der Waals surface area contributed by atoms with Crippen LogP contribution >= 0.6 is 0 Å². The molecule has 0 bridgehead atoms. The molecule has 1 aliphatic heterocycles. The number of esters is 1. The number of ether oxygens (including phenoxy) is 3.